The SMILES string of the molecule is COc1cc(NC(=O)c2cc(-c3c(C)nn(C)c3C)n[nH]2)ccc1-n1nc(C)cc1C. The van der Waals surface area contributed by atoms with Crippen molar-refractivity contribution in [2.75, 3.05) is 12.4 Å². The van der Waals surface area contributed by atoms with Crippen LogP contribution in [0.2, 0.25) is 0 Å². The predicted octanol–water partition coefficient (Wildman–Crippen LogP) is 3.49. The van der Waals surface area contributed by atoms with Gasteiger partial charge in [-0.2, -0.15) is 15.3 Å². The van der Waals surface area contributed by atoms with Crippen molar-refractivity contribution in [1.29, 1.82) is 0 Å². The van der Waals surface area contributed by atoms with Gasteiger partial charge in [-0.3, -0.25) is 14.6 Å². The molecule has 3 aromatic heterocycles. The van der Waals surface area contributed by atoms with Gasteiger partial charge in [-0.1, -0.05) is 0 Å². The number of anilines is 1. The average molecular weight is 419 g/mol. The van der Waals surface area contributed by atoms with Crippen molar-refractivity contribution in [3.05, 3.63) is 58.8 Å². The molecule has 4 rings (SSSR count). The summed E-state index contributed by atoms with van der Waals surface area (Å²) >= 11 is 0. The van der Waals surface area contributed by atoms with E-state index < -0.39 is 0 Å². The molecule has 0 fully saturated rings. The first-order valence-electron chi connectivity index (χ1n) is 9.87. The first-order chi connectivity index (χ1) is 14.8. The Morgan fingerprint density at radius 1 is 1.10 bits per heavy atom. The quantitative estimate of drug-likeness (QED) is 0.515. The maximum atomic E-state index is 12.8. The number of carbonyl (C=O) groups is 1. The molecule has 9 nitrogen and oxygen atoms in total. The minimum absolute atomic E-state index is 0.293. The molecule has 0 aliphatic heterocycles. The number of amides is 1. The smallest absolute Gasteiger partial charge is 0.273 e. The molecule has 0 saturated carbocycles. The summed E-state index contributed by atoms with van der Waals surface area (Å²) in [6.45, 7) is 7.82. The molecule has 0 aliphatic carbocycles. The lowest BCUT2D eigenvalue weighted by Gasteiger charge is -2.12. The number of carbonyl (C=O) groups excluding carboxylic acids is 1. The van der Waals surface area contributed by atoms with Crippen LogP contribution < -0.4 is 10.1 Å². The molecule has 1 amide bonds. The molecule has 0 atom stereocenters. The standard InChI is InChI=1S/C22H25N7O2/c1-12-9-13(2)29(26-12)19-8-7-16(10-20(19)31-6)23-22(30)18-11-17(24-25-18)21-14(3)27-28(5)15(21)4/h7-11H,1-6H3,(H,23,30)(H,24,25). The Morgan fingerprint density at radius 2 is 1.87 bits per heavy atom. The van der Waals surface area contributed by atoms with Gasteiger partial charge in [-0.05, 0) is 52.0 Å². The highest BCUT2D eigenvalue weighted by molar-refractivity contribution is 6.03. The monoisotopic (exact) mass is 419 g/mol. The first kappa shape index (κ1) is 20.4. The van der Waals surface area contributed by atoms with Gasteiger partial charge in [-0.15, -0.1) is 0 Å². The third-order valence-corrected chi connectivity index (χ3v) is 5.26. The summed E-state index contributed by atoms with van der Waals surface area (Å²) in [5, 5.41) is 18.9. The maximum absolute atomic E-state index is 12.8. The molecule has 160 valence electrons. The molecule has 0 bridgehead atoms. The summed E-state index contributed by atoms with van der Waals surface area (Å²) in [5.41, 5.74) is 7.15. The number of aryl methyl sites for hydroxylation is 4. The van der Waals surface area contributed by atoms with Crippen molar-refractivity contribution in [1.82, 2.24) is 29.8 Å². The number of nitrogens with one attached hydrogen (secondary N) is 2. The van der Waals surface area contributed by atoms with Gasteiger partial charge in [0.25, 0.3) is 5.91 Å². The van der Waals surface area contributed by atoms with Gasteiger partial charge in [0.1, 0.15) is 17.1 Å². The number of benzene rings is 1. The van der Waals surface area contributed by atoms with Crippen molar-refractivity contribution in [2.45, 2.75) is 27.7 Å². The number of aromatic amines is 1. The third kappa shape index (κ3) is 3.70. The van der Waals surface area contributed by atoms with Crippen molar-refractivity contribution in [3.8, 4) is 22.7 Å². The van der Waals surface area contributed by atoms with E-state index >= 15 is 0 Å². The Bertz CT molecular complexity index is 1280. The van der Waals surface area contributed by atoms with Crippen LogP contribution in [0, 0.1) is 27.7 Å². The molecular weight excluding hydrogens is 394 g/mol. The van der Waals surface area contributed by atoms with Crippen LogP contribution in [0.15, 0.2) is 30.3 Å². The number of rotatable bonds is 5. The molecular formula is C22H25N7O2. The van der Waals surface area contributed by atoms with E-state index in [4.69, 9.17) is 4.74 Å². The zero-order valence-electron chi connectivity index (χ0n) is 18.4. The van der Waals surface area contributed by atoms with E-state index in [1.807, 2.05) is 57.6 Å². The fourth-order valence-corrected chi connectivity index (χ4v) is 3.71. The van der Waals surface area contributed by atoms with Crippen molar-refractivity contribution in [2.24, 2.45) is 7.05 Å². The predicted molar refractivity (Wildman–Crippen MR) is 118 cm³/mol. The summed E-state index contributed by atoms with van der Waals surface area (Å²) in [5.74, 6) is 0.315. The molecule has 0 radical (unpaired) electrons. The van der Waals surface area contributed by atoms with Crippen LogP contribution in [-0.4, -0.2) is 42.8 Å². The lowest BCUT2D eigenvalue weighted by Crippen LogP contribution is -2.13. The number of ether oxygens (including phenoxy) is 1. The fraction of sp³-hybridized carbons (Fsp3) is 0.273. The lowest BCUT2D eigenvalue weighted by molar-refractivity contribution is 0.102. The maximum Gasteiger partial charge on any atom is 0.273 e. The summed E-state index contributed by atoms with van der Waals surface area (Å²) in [4.78, 5) is 12.8. The molecule has 1 aromatic carbocycles. The van der Waals surface area contributed by atoms with Crippen LogP contribution in [0.3, 0.4) is 0 Å². The van der Waals surface area contributed by atoms with Crippen molar-refractivity contribution >= 4 is 11.6 Å². The van der Waals surface area contributed by atoms with Gasteiger partial charge in [0.15, 0.2) is 0 Å². The molecule has 0 unspecified atom stereocenters. The summed E-state index contributed by atoms with van der Waals surface area (Å²) in [7, 11) is 3.48. The normalized spacial score (nSPS) is 11.0. The molecule has 0 aliphatic rings. The van der Waals surface area contributed by atoms with E-state index in [2.05, 4.69) is 25.7 Å². The highest BCUT2D eigenvalue weighted by Crippen LogP contribution is 2.29. The van der Waals surface area contributed by atoms with E-state index in [9.17, 15) is 4.79 Å². The van der Waals surface area contributed by atoms with Crippen molar-refractivity contribution < 1.29 is 9.53 Å². The number of hydrogen-bond acceptors (Lipinski definition) is 5. The largest absolute Gasteiger partial charge is 0.494 e. The zero-order chi connectivity index (χ0) is 22.3. The summed E-state index contributed by atoms with van der Waals surface area (Å²) in [6.07, 6.45) is 0. The number of methoxy groups -OCH3 is 1. The summed E-state index contributed by atoms with van der Waals surface area (Å²) in [6, 6.07) is 9.19. The molecule has 31 heavy (non-hydrogen) atoms. The Morgan fingerprint density at radius 3 is 2.48 bits per heavy atom. The van der Waals surface area contributed by atoms with E-state index in [1.54, 1.807) is 23.9 Å². The number of nitrogens with zero attached hydrogens (tertiary/aromatic N) is 5. The van der Waals surface area contributed by atoms with Gasteiger partial charge in [-0.25, -0.2) is 4.68 Å². The second kappa shape index (κ2) is 7.75. The first-order valence-corrected chi connectivity index (χ1v) is 9.87. The highest BCUT2D eigenvalue weighted by Gasteiger charge is 2.18. The zero-order valence-corrected chi connectivity index (χ0v) is 18.4. The van der Waals surface area contributed by atoms with Gasteiger partial charge in [0.2, 0.25) is 0 Å². The highest BCUT2D eigenvalue weighted by atomic mass is 16.5. The van der Waals surface area contributed by atoms with Crippen LogP contribution in [-0.2, 0) is 7.05 Å². The molecule has 3 heterocycles. The minimum atomic E-state index is -0.293. The number of aromatic nitrogens is 6. The summed E-state index contributed by atoms with van der Waals surface area (Å²) < 4.78 is 9.16. The van der Waals surface area contributed by atoms with Gasteiger partial charge < -0.3 is 10.1 Å². The molecule has 9 heteroatoms. The van der Waals surface area contributed by atoms with Crippen LogP contribution in [0.1, 0.15) is 33.3 Å². The van der Waals surface area contributed by atoms with Gasteiger partial charge in [0, 0.05) is 35.8 Å². The Balaban J connectivity index is 1.58. The Kier molecular flexibility index (Phi) is 5.10. The van der Waals surface area contributed by atoms with E-state index in [0.29, 0.717) is 22.8 Å². The molecule has 2 N–H and O–H groups in total. The second-order valence-electron chi connectivity index (χ2n) is 7.52. The number of H-pyrrole nitrogens is 1. The molecule has 0 spiro atoms. The fourth-order valence-electron chi connectivity index (χ4n) is 3.71. The second-order valence-corrected chi connectivity index (χ2v) is 7.52. The topological polar surface area (TPSA) is 103 Å². The minimum Gasteiger partial charge on any atom is -0.494 e. The van der Waals surface area contributed by atoms with Gasteiger partial charge >= 0.3 is 0 Å². The van der Waals surface area contributed by atoms with Crippen LogP contribution in [0.25, 0.3) is 16.9 Å². The molecule has 4 aromatic rings. The van der Waals surface area contributed by atoms with E-state index in [-0.39, 0.29) is 5.91 Å². The third-order valence-electron chi connectivity index (χ3n) is 5.26. The van der Waals surface area contributed by atoms with Crippen LogP contribution in [0.5, 0.6) is 5.75 Å². The van der Waals surface area contributed by atoms with E-state index in [0.717, 1.165) is 34.0 Å². The lowest BCUT2D eigenvalue weighted by atomic mass is 10.1. The van der Waals surface area contributed by atoms with Crippen LogP contribution in [0.4, 0.5) is 5.69 Å². The average Bonchev–Trinajstić information content (AvgIpc) is 3.40. The van der Waals surface area contributed by atoms with Crippen molar-refractivity contribution in [3.63, 3.8) is 0 Å². The molecule has 0 saturated heterocycles. The Hall–Kier alpha value is -3.88. The number of hydrogen-bond donors (Lipinski definition) is 2. The van der Waals surface area contributed by atoms with E-state index in [1.165, 1.54) is 0 Å². The Labute approximate surface area is 180 Å². The van der Waals surface area contributed by atoms with Crippen LogP contribution >= 0.6 is 0 Å². The van der Waals surface area contributed by atoms with Gasteiger partial charge in [0.05, 0.1) is 24.2 Å².